The summed E-state index contributed by atoms with van der Waals surface area (Å²) in [6.45, 7) is 4.37. The topological polar surface area (TPSA) is 78.5 Å². The van der Waals surface area contributed by atoms with Gasteiger partial charge in [0, 0.05) is 18.8 Å². The van der Waals surface area contributed by atoms with Gasteiger partial charge in [-0.1, -0.05) is 12.6 Å². The van der Waals surface area contributed by atoms with Crippen LogP contribution in [0.4, 0.5) is 10.5 Å². The molecule has 0 unspecified atom stereocenters. The average Bonchev–Trinajstić information content (AvgIpc) is 3.13. The number of carbonyl (C=O) groups is 1. The predicted octanol–water partition coefficient (Wildman–Crippen LogP) is 1.94. The van der Waals surface area contributed by atoms with Gasteiger partial charge in [-0.15, -0.1) is 0 Å². The second kappa shape index (κ2) is 6.05. The van der Waals surface area contributed by atoms with Gasteiger partial charge >= 0.3 is 6.03 Å². The van der Waals surface area contributed by atoms with E-state index in [0.717, 1.165) is 44.2 Å². The molecule has 0 saturated carbocycles. The van der Waals surface area contributed by atoms with Crippen molar-refractivity contribution in [2.75, 3.05) is 18.4 Å². The van der Waals surface area contributed by atoms with E-state index in [1.54, 1.807) is 11.1 Å². The van der Waals surface area contributed by atoms with E-state index in [9.17, 15) is 13.2 Å². The highest BCUT2D eigenvalue weighted by atomic mass is 32.2. The maximum atomic E-state index is 12.4. The zero-order valence-electron chi connectivity index (χ0n) is 14.2. The van der Waals surface area contributed by atoms with Crippen LogP contribution in [0, 0.1) is 0 Å². The van der Waals surface area contributed by atoms with E-state index < -0.39 is 21.3 Å². The molecule has 1 aliphatic heterocycles. The number of hydrogen-bond acceptors (Lipinski definition) is 4. The van der Waals surface area contributed by atoms with Crippen LogP contribution in [0.1, 0.15) is 35.1 Å². The Morgan fingerprint density at radius 1 is 1.12 bits per heavy atom. The standard InChI is InChI=1S/C18H23N3O3S/c1-2-21-10-14(11-21)25(23,24)20-18(22)19-17-15-7-3-5-12(15)9-13-6-4-8-16(13)17/h2,9,14H,1,3-8,10-11H2,(H2,19,20,22). The smallest absolute Gasteiger partial charge is 0.332 e. The maximum Gasteiger partial charge on any atom is 0.332 e. The number of benzene rings is 1. The van der Waals surface area contributed by atoms with Gasteiger partial charge in [0.2, 0.25) is 10.0 Å². The molecule has 1 aromatic rings. The van der Waals surface area contributed by atoms with Crippen LogP contribution in [0.3, 0.4) is 0 Å². The molecule has 6 nitrogen and oxygen atoms in total. The third-order valence-corrected chi connectivity index (χ3v) is 7.17. The highest BCUT2D eigenvalue weighted by Gasteiger charge is 2.37. The summed E-state index contributed by atoms with van der Waals surface area (Å²) in [6.07, 6.45) is 7.76. The first-order valence-electron chi connectivity index (χ1n) is 8.83. The molecule has 1 aromatic carbocycles. The largest absolute Gasteiger partial charge is 0.375 e. The lowest BCUT2D eigenvalue weighted by atomic mass is 9.99. The highest BCUT2D eigenvalue weighted by molar-refractivity contribution is 7.90. The van der Waals surface area contributed by atoms with Crippen LogP contribution < -0.4 is 10.0 Å². The molecule has 7 heteroatoms. The number of likely N-dealkylation sites (tertiary alicyclic amines) is 1. The Morgan fingerprint density at radius 3 is 2.28 bits per heavy atom. The van der Waals surface area contributed by atoms with Gasteiger partial charge in [-0.05, 0) is 67.0 Å². The van der Waals surface area contributed by atoms with E-state index >= 15 is 0 Å². The molecule has 1 heterocycles. The molecule has 0 radical (unpaired) electrons. The number of sulfonamides is 1. The fourth-order valence-electron chi connectivity index (χ4n) is 4.13. The Hall–Kier alpha value is -2.02. The van der Waals surface area contributed by atoms with Crippen LogP contribution >= 0.6 is 0 Å². The zero-order chi connectivity index (χ0) is 17.6. The summed E-state index contributed by atoms with van der Waals surface area (Å²) in [5, 5.41) is 2.30. The van der Waals surface area contributed by atoms with Crippen molar-refractivity contribution in [3.05, 3.63) is 41.1 Å². The molecular formula is C18H23N3O3S. The normalized spacial score (nSPS) is 19.1. The lowest BCUT2D eigenvalue weighted by Gasteiger charge is -2.37. The summed E-state index contributed by atoms with van der Waals surface area (Å²) in [6, 6.07) is 1.63. The number of amides is 2. The zero-order valence-corrected chi connectivity index (χ0v) is 15.0. The van der Waals surface area contributed by atoms with Crippen molar-refractivity contribution >= 4 is 21.7 Å². The summed E-state index contributed by atoms with van der Waals surface area (Å²) < 4.78 is 26.8. The lowest BCUT2D eigenvalue weighted by molar-refractivity contribution is 0.252. The van der Waals surface area contributed by atoms with Gasteiger partial charge in [-0.25, -0.2) is 17.9 Å². The second-order valence-corrected chi connectivity index (χ2v) is 9.05. The molecule has 4 rings (SSSR count). The van der Waals surface area contributed by atoms with Crippen molar-refractivity contribution in [3.63, 3.8) is 0 Å². The van der Waals surface area contributed by atoms with Crippen LogP contribution in [0.5, 0.6) is 0 Å². The first kappa shape index (κ1) is 16.4. The van der Waals surface area contributed by atoms with E-state index in [1.807, 2.05) is 0 Å². The molecule has 1 fully saturated rings. The van der Waals surface area contributed by atoms with Crippen LogP contribution in [-0.4, -0.2) is 37.7 Å². The van der Waals surface area contributed by atoms with Gasteiger partial charge in [-0.2, -0.15) is 0 Å². The number of hydrogen-bond donors (Lipinski definition) is 2. The number of rotatable bonds is 4. The second-order valence-electron chi connectivity index (χ2n) is 7.09. The average molecular weight is 361 g/mol. The van der Waals surface area contributed by atoms with Crippen molar-refractivity contribution in [3.8, 4) is 0 Å². The molecule has 2 amide bonds. The molecule has 1 saturated heterocycles. The minimum Gasteiger partial charge on any atom is -0.375 e. The Labute approximate surface area is 148 Å². The SMILES string of the molecule is C=CN1CC(S(=O)(=O)NC(=O)Nc2c3c(cc4c2CCC4)CCC3)C1. The van der Waals surface area contributed by atoms with E-state index in [1.165, 1.54) is 22.3 Å². The maximum absolute atomic E-state index is 12.4. The number of carbonyl (C=O) groups excluding carboxylic acids is 1. The minimum absolute atomic E-state index is 0.377. The van der Waals surface area contributed by atoms with Gasteiger partial charge in [0.1, 0.15) is 5.25 Å². The Morgan fingerprint density at radius 2 is 1.72 bits per heavy atom. The summed E-state index contributed by atoms with van der Waals surface area (Å²) in [7, 11) is -3.67. The molecule has 0 aromatic heterocycles. The van der Waals surface area contributed by atoms with Crippen molar-refractivity contribution in [2.24, 2.45) is 0 Å². The van der Waals surface area contributed by atoms with Gasteiger partial charge in [0.15, 0.2) is 0 Å². The van der Waals surface area contributed by atoms with Crippen LogP contribution in [0.15, 0.2) is 18.8 Å². The van der Waals surface area contributed by atoms with Crippen LogP contribution in [-0.2, 0) is 35.7 Å². The van der Waals surface area contributed by atoms with Gasteiger partial charge in [-0.3, -0.25) is 0 Å². The minimum atomic E-state index is -3.67. The fraction of sp³-hybridized carbons (Fsp3) is 0.500. The molecular weight excluding hydrogens is 338 g/mol. The first-order chi connectivity index (χ1) is 12.0. The summed E-state index contributed by atoms with van der Waals surface area (Å²) in [4.78, 5) is 14.2. The first-order valence-corrected chi connectivity index (χ1v) is 10.4. The van der Waals surface area contributed by atoms with Crippen molar-refractivity contribution in [1.82, 2.24) is 9.62 Å². The van der Waals surface area contributed by atoms with Crippen LogP contribution in [0.2, 0.25) is 0 Å². The lowest BCUT2D eigenvalue weighted by Crippen LogP contribution is -2.56. The number of anilines is 1. The Bertz CT molecular complexity index is 809. The predicted molar refractivity (Wildman–Crippen MR) is 97.1 cm³/mol. The monoisotopic (exact) mass is 361 g/mol. The molecule has 0 bridgehead atoms. The van der Waals surface area contributed by atoms with Crippen molar-refractivity contribution in [2.45, 2.75) is 43.8 Å². The molecule has 0 spiro atoms. The van der Waals surface area contributed by atoms with Crippen molar-refractivity contribution in [1.29, 1.82) is 0 Å². The third-order valence-electron chi connectivity index (χ3n) is 5.52. The molecule has 0 atom stereocenters. The molecule has 25 heavy (non-hydrogen) atoms. The van der Waals surface area contributed by atoms with Gasteiger partial charge < -0.3 is 10.2 Å². The fourth-order valence-corrected chi connectivity index (χ4v) is 5.39. The van der Waals surface area contributed by atoms with Gasteiger partial charge in [0.25, 0.3) is 0 Å². The van der Waals surface area contributed by atoms with Crippen LogP contribution in [0.25, 0.3) is 0 Å². The number of nitrogens with one attached hydrogen (secondary N) is 2. The molecule has 134 valence electrons. The van der Waals surface area contributed by atoms with E-state index in [2.05, 4.69) is 22.7 Å². The van der Waals surface area contributed by atoms with E-state index in [0.29, 0.717) is 13.1 Å². The molecule has 2 N–H and O–H groups in total. The van der Waals surface area contributed by atoms with E-state index in [4.69, 9.17) is 0 Å². The highest BCUT2D eigenvalue weighted by Crippen LogP contribution is 2.38. The number of urea groups is 1. The summed E-state index contributed by atoms with van der Waals surface area (Å²) in [5.74, 6) is 0. The summed E-state index contributed by atoms with van der Waals surface area (Å²) in [5.41, 5.74) is 5.85. The third kappa shape index (κ3) is 2.90. The Balaban J connectivity index is 1.51. The molecule has 2 aliphatic carbocycles. The number of fused-ring (bicyclic) bond motifs is 2. The number of aryl methyl sites for hydroxylation is 2. The van der Waals surface area contributed by atoms with Crippen molar-refractivity contribution < 1.29 is 13.2 Å². The number of nitrogens with zero attached hydrogens (tertiary/aromatic N) is 1. The van der Waals surface area contributed by atoms with Gasteiger partial charge in [0.05, 0.1) is 0 Å². The molecule has 3 aliphatic rings. The quantitative estimate of drug-likeness (QED) is 0.859. The van der Waals surface area contributed by atoms with E-state index in [-0.39, 0.29) is 0 Å². The Kier molecular flexibility index (Phi) is 3.98. The summed E-state index contributed by atoms with van der Waals surface area (Å²) >= 11 is 0.